The molecule has 3 aromatic rings. The molecule has 0 unspecified atom stereocenters. The van der Waals surface area contributed by atoms with Crippen molar-refractivity contribution in [2.75, 3.05) is 11.9 Å². The Morgan fingerprint density at radius 2 is 1.79 bits per heavy atom. The van der Waals surface area contributed by atoms with E-state index >= 15 is 0 Å². The maximum atomic E-state index is 12.4. The van der Waals surface area contributed by atoms with Crippen LogP contribution in [0.3, 0.4) is 0 Å². The first kappa shape index (κ1) is 20.0. The number of carbonyl (C=O) groups excluding carboxylic acids is 1. The molecule has 0 aliphatic rings. The van der Waals surface area contributed by atoms with Crippen molar-refractivity contribution < 1.29 is 13.2 Å². The Bertz CT molecular complexity index is 1080. The average Bonchev–Trinajstić information content (AvgIpc) is 3.11. The predicted octanol–water partition coefficient (Wildman–Crippen LogP) is 2.33. The van der Waals surface area contributed by atoms with Crippen LogP contribution < -0.4 is 10.0 Å². The molecule has 1 aromatic carbocycles. The molecule has 0 saturated carbocycles. The summed E-state index contributed by atoms with van der Waals surface area (Å²) in [7, 11) is -3.67. The van der Waals surface area contributed by atoms with E-state index in [-0.39, 0.29) is 29.2 Å². The number of benzene rings is 1. The second-order valence-corrected chi connectivity index (χ2v) is 9.17. The van der Waals surface area contributed by atoms with Crippen LogP contribution in [0.1, 0.15) is 32.8 Å². The summed E-state index contributed by atoms with van der Waals surface area (Å²) in [5, 5.41) is 6.79. The van der Waals surface area contributed by atoms with Gasteiger partial charge in [0, 0.05) is 25.2 Å². The number of carbonyl (C=O) groups is 1. The van der Waals surface area contributed by atoms with E-state index in [4.69, 9.17) is 0 Å². The Labute approximate surface area is 164 Å². The monoisotopic (exact) mass is 401 g/mol. The van der Waals surface area contributed by atoms with Gasteiger partial charge in [-0.15, -0.1) is 0 Å². The van der Waals surface area contributed by atoms with Crippen molar-refractivity contribution in [3.05, 3.63) is 54.4 Å². The molecular formula is C19H23N5O3S. The fourth-order valence-corrected chi connectivity index (χ4v) is 3.68. The van der Waals surface area contributed by atoms with E-state index in [1.807, 2.05) is 0 Å². The van der Waals surface area contributed by atoms with Crippen LogP contribution in [0.4, 0.5) is 5.82 Å². The lowest BCUT2D eigenvalue weighted by Crippen LogP contribution is -2.28. The maximum Gasteiger partial charge on any atom is 0.240 e. The summed E-state index contributed by atoms with van der Waals surface area (Å²) in [6, 6.07) is 10.1. The number of rotatable bonds is 6. The first-order valence-electron chi connectivity index (χ1n) is 8.86. The van der Waals surface area contributed by atoms with E-state index in [9.17, 15) is 13.2 Å². The fraction of sp³-hybridized carbons (Fsp3) is 0.316. The molecule has 0 bridgehead atoms. The molecule has 2 heterocycles. The minimum atomic E-state index is -3.67. The van der Waals surface area contributed by atoms with E-state index in [1.165, 1.54) is 4.52 Å². The Morgan fingerprint density at radius 1 is 1.07 bits per heavy atom. The molecule has 2 aromatic heterocycles. The first-order chi connectivity index (χ1) is 13.2. The molecule has 3 rings (SSSR count). The number of nitrogens with one attached hydrogen (secondary N) is 2. The van der Waals surface area contributed by atoms with Gasteiger partial charge in [-0.05, 0) is 29.2 Å². The summed E-state index contributed by atoms with van der Waals surface area (Å²) in [5.74, 6) is 0.148. The largest absolute Gasteiger partial charge is 0.310 e. The van der Waals surface area contributed by atoms with Crippen LogP contribution in [-0.2, 0) is 20.2 Å². The van der Waals surface area contributed by atoms with Crippen LogP contribution in [-0.4, -0.2) is 35.5 Å². The third-order valence-electron chi connectivity index (χ3n) is 4.23. The number of amides is 1. The van der Waals surface area contributed by atoms with Gasteiger partial charge in [0.05, 0.1) is 11.1 Å². The zero-order valence-corrected chi connectivity index (χ0v) is 16.8. The SMILES string of the molecule is CC(C)(C)c1ccc(S(=O)(=O)NCCC(=O)Nc2ccnc3ccnn23)cc1. The van der Waals surface area contributed by atoms with E-state index < -0.39 is 10.0 Å². The third kappa shape index (κ3) is 4.55. The van der Waals surface area contributed by atoms with Crippen molar-refractivity contribution in [3.8, 4) is 0 Å². The smallest absolute Gasteiger partial charge is 0.240 e. The number of aromatic nitrogens is 3. The highest BCUT2D eigenvalue weighted by atomic mass is 32.2. The summed E-state index contributed by atoms with van der Waals surface area (Å²) >= 11 is 0. The van der Waals surface area contributed by atoms with Crippen LogP contribution in [0, 0.1) is 0 Å². The maximum absolute atomic E-state index is 12.4. The molecule has 0 radical (unpaired) electrons. The standard InChI is InChI=1S/C19H23N5O3S/c1-19(2,3)14-4-6-15(7-5-14)28(26,27)22-13-10-18(25)23-17-8-11-20-16-9-12-21-24(16)17/h4-9,11-12,22H,10,13H2,1-3H3,(H,23,25). The van der Waals surface area contributed by atoms with Gasteiger partial charge in [-0.1, -0.05) is 32.9 Å². The Kier molecular flexibility index (Phi) is 5.48. The molecular weight excluding hydrogens is 378 g/mol. The van der Waals surface area contributed by atoms with E-state index in [0.29, 0.717) is 11.5 Å². The van der Waals surface area contributed by atoms with Gasteiger partial charge in [-0.3, -0.25) is 4.79 Å². The minimum absolute atomic E-state index is 0.00953. The molecule has 0 aliphatic heterocycles. The minimum Gasteiger partial charge on any atom is -0.310 e. The van der Waals surface area contributed by atoms with Crippen molar-refractivity contribution in [3.63, 3.8) is 0 Å². The van der Waals surface area contributed by atoms with Crippen molar-refractivity contribution >= 4 is 27.4 Å². The Morgan fingerprint density at radius 3 is 2.46 bits per heavy atom. The second kappa shape index (κ2) is 7.69. The highest BCUT2D eigenvalue weighted by Crippen LogP contribution is 2.23. The molecule has 0 atom stereocenters. The van der Waals surface area contributed by atoms with Gasteiger partial charge >= 0.3 is 0 Å². The normalized spacial score (nSPS) is 12.2. The van der Waals surface area contributed by atoms with Gasteiger partial charge in [0.25, 0.3) is 0 Å². The van der Waals surface area contributed by atoms with Crippen LogP contribution in [0.15, 0.2) is 53.7 Å². The molecule has 148 valence electrons. The van der Waals surface area contributed by atoms with Gasteiger partial charge in [0.2, 0.25) is 15.9 Å². The lowest BCUT2D eigenvalue weighted by molar-refractivity contribution is -0.116. The van der Waals surface area contributed by atoms with Crippen LogP contribution in [0.25, 0.3) is 5.65 Å². The molecule has 28 heavy (non-hydrogen) atoms. The molecule has 0 aliphatic carbocycles. The van der Waals surface area contributed by atoms with Gasteiger partial charge in [0.15, 0.2) is 5.65 Å². The van der Waals surface area contributed by atoms with Crippen molar-refractivity contribution in [1.29, 1.82) is 0 Å². The summed E-state index contributed by atoms with van der Waals surface area (Å²) in [4.78, 5) is 16.4. The molecule has 1 amide bonds. The van der Waals surface area contributed by atoms with Gasteiger partial charge in [-0.2, -0.15) is 9.61 Å². The van der Waals surface area contributed by atoms with Crippen molar-refractivity contribution in [2.24, 2.45) is 0 Å². The lowest BCUT2D eigenvalue weighted by Gasteiger charge is -2.19. The van der Waals surface area contributed by atoms with Crippen molar-refractivity contribution in [1.82, 2.24) is 19.3 Å². The Balaban J connectivity index is 1.57. The number of sulfonamides is 1. The van der Waals surface area contributed by atoms with Crippen LogP contribution in [0.5, 0.6) is 0 Å². The van der Waals surface area contributed by atoms with E-state index in [0.717, 1.165) is 5.56 Å². The highest BCUT2D eigenvalue weighted by Gasteiger charge is 2.18. The second-order valence-electron chi connectivity index (χ2n) is 7.40. The molecule has 0 saturated heterocycles. The Hall–Kier alpha value is -2.78. The van der Waals surface area contributed by atoms with Gasteiger partial charge in [0.1, 0.15) is 5.82 Å². The first-order valence-corrected chi connectivity index (χ1v) is 10.3. The molecule has 0 fully saturated rings. The van der Waals surface area contributed by atoms with Crippen LogP contribution >= 0.6 is 0 Å². The highest BCUT2D eigenvalue weighted by molar-refractivity contribution is 7.89. The molecule has 9 heteroatoms. The van der Waals surface area contributed by atoms with Gasteiger partial charge < -0.3 is 5.32 Å². The van der Waals surface area contributed by atoms with Gasteiger partial charge in [-0.25, -0.2) is 18.1 Å². The van der Waals surface area contributed by atoms with Crippen LogP contribution in [0.2, 0.25) is 0 Å². The number of fused-ring (bicyclic) bond motifs is 1. The van der Waals surface area contributed by atoms with E-state index in [1.54, 1.807) is 48.8 Å². The number of hydrogen-bond donors (Lipinski definition) is 2. The summed E-state index contributed by atoms with van der Waals surface area (Å²) in [6.07, 6.45) is 3.14. The lowest BCUT2D eigenvalue weighted by atomic mass is 9.87. The van der Waals surface area contributed by atoms with Crippen molar-refractivity contribution in [2.45, 2.75) is 37.5 Å². The summed E-state index contributed by atoms with van der Waals surface area (Å²) < 4.78 is 28.8. The topological polar surface area (TPSA) is 105 Å². The summed E-state index contributed by atoms with van der Waals surface area (Å²) in [5.41, 5.74) is 1.60. The quantitative estimate of drug-likeness (QED) is 0.659. The number of anilines is 1. The average molecular weight is 401 g/mol. The molecule has 8 nitrogen and oxygen atoms in total. The fourth-order valence-electron chi connectivity index (χ4n) is 2.65. The molecule has 2 N–H and O–H groups in total. The number of hydrogen-bond acceptors (Lipinski definition) is 5. The van der Waals surface area contributed by atoms with E-state index in [2.05, 4.69) is 40.9 Å². The zero-order chi connectivity index (χ0) is 20.4. The summed E-state index contributed by atoms with van der Waals surface area (Å²) in [6.45, 7) is 6.18. The third-order valence-corrected chi connectivity index (χ3v) is 5.71. The number of nitrogens with zero attached hydrogens (tertiary/aromatic N) is 3. The zero-order valence-electron chi connectivity index (χ0n) is 16.0. The molecule has 0 spiro atoms. The predicted molar refractivity (Wildman–Crippen MR) is 107 cm³/mol.